The Labute approximate surface area is 134 Å². The fourth-order valence-electron chi connectivity index (χ4n) is 3.56. The third-order valence-electron chi connectivity index (χ3n) is 4.74. The number of aliphatic hydroxyl groups excluding tert-OH is 1. The average molecular weight is 311 g/mol. The number of rotatable bonds is 5. The normalized spacial score (nSPS) is 24.5. The number of aliphatic hydroxyl groups is 1. The number of aromatic nitrogens is 4. The van der Waals surface area contributed by atoms with E-state index in [2.05, 4.69) is 31.1 Å². The zero-order valence-corrected chi connectivity index (χ0v) is 12.9. The highest BCUT2D eigenvalue weighted by Crippen LogP contribution is 2.28. The van der Waals surface area contributed by atoms with Gasteiger partial charge in [-0.2, -0.15) is 5.10 Å². The van der Waals surface area contributed by atoms with E-state index in [1.807, 2.05) is 30.7 Å². The van der Waals surface area contributed by atoms with E-state index in [4.69, 9.17) is 0 Å². The molecule has 0 saturated heterocycles. The summed E-state index contributed by atoms with van der Waals surface area (Å²) in [6.07, 6.45) is 7.13. The second-order valence-electron chi connectivity index (χ2n) is 6.37. The Balaban J connectivity index is 1.37. The molecule has 23 heavy (non-hydrogen) atoms. The minimum Gasteiger partial charge on any atom is -0.391 e. The number of fused-ring (bicyclic) bond motifs is 1. The number of para-hydroxylation sites is 1. The van der Waals surface area contributed by atoms with Gasteiger partial charge in [0.05, 0.1) is 23.6 Å². The van der Waals surface area contributed by atoms with Gasteiger partial charge in [-0.05, 0) is 24.8 Å². The Morgan fingerprint density at radius 3 is 3.09 bits per heavy atom. The molecule has 0 bridgehead atoms. The van der Waals surface area contributed by atoms with Crippen molar-refractivity contribution in [2.45, 2.75) is 38.1 Å². The number of hydrogen-bond acceptors (Lipinski definition) is 4. The van der Waals surface area contributed by atoms with Crippen molar-refractivity contribution in [2.24, 2.45) is 5.92 Å². The summed E-state index contributed by atoms with van der Waals surface area (Å²) in [6.45, 7) is 1.61. The zero-order valence-electron chi connectivity index (χ0n) is 12.9. The first-order chi connectivity index (χ1) is 11.3. The van der Waals surface area contributed by atoms with Crippen LogP contribution in [0.15, 0.2) is 43.0 Å². The summed E-state index contributed by atoms with van der Waals surface area (Å²) < 4.78 is 2.09. The molecule has 2 aromatic heterocycles. The van der Waals surface area contributed by atoms with Gasteiger partial charge >= 0.3 is 0 Å². The molecule has 3 aromatic rings. The second-order valence-corrected chi connectivity index (χ2v) is 6.37. The van der Waals surface area contributed by atoms with Crippen LogP contribution >= 0.6 is 0 Å². The first-order valence-corrected chi connectivity index (χ1v) is 8.09. The Morgan fingerprint density at radius 1 is 1.30 bits per heavy atom. The fourth-order valence-corrected chi connectivity index (χ4v) is 3.56. The molecule has 1 fully saturated rings. The number of hydrogen-bond donors (Lipinski definition) is 3. The highest BCUT2D eigenvalue weighted by molar-refractivity contribution is 5.81. The molecule has 0 spiro atoms. The minimum atomic E-state index is -0.294. The molecule has 6 nitrogen and oxygen atoms in total. The van der Waals surface area contributed by atoms with Crippen LogP contribution in [-0.4, -0.2) is 37.0 Å². The number of aromatic amines is 1. The number of nitrogens with one attached hydrogen (secondary N) is 2. The summed E-state index contributed by atoms with van der Waals surface area (Å²) in [4.78, 5) is 4.08. The van der Waals surface area contributed by atoms with Gasteiger partial charge in [-0.3, -0.25) is 5.10 Å². The Morgan fingerprint density at radius 2 is 2.22 bits per heavy atom. The molecule has 1 unspecified atom stereocenters. The highest BCUT2D eigenvalue weighted by atomic mass is 16.3. The SMILES string of the molecule is O[C@@H]1CC(Cn2ccnc2)C[C@H]1NCc1[nH]nc2ccccc12. The lowest BCUT2D eigenvalue weighted by Gasteiger charge is -2.16. The van der Waals surface area contributed by atoms with E-state index in [9.17, 15) is 5.11 Å². The van der Waals surface area contributed by atoms with Crippen LogP contribution in [0.4, 0.5) is 0 Å². The predicted molar refractivity (Wildman–Crippen MR) is 87.7 cm³/mol. The van der Waals surface area contributed by atoms with E-state index in [1.54, 1.807) is 6.20 Å². The first kappa shape index (κ1) is 14.4. The van der Waals surface area contributed by atoms with E-state index >= 15 is 0 Å². The van der Waals surface area contributed by atoms with Crippen molar-refractivity contribution in [1.82, 2.24) is 25.1 Å². The smallest absolute Gasteiger partial charge is 0.0945 e. The van der Waals surface area contributed by atoms with E-state index in [0.29, 0.717) is 12.5 Å². The molecule has 3 N–H and O–H groups in total. The van der Waals surface area contributed by atoms with Crippen LogP contribution < -0.4 is 5.32 Å². The Kier molecular flexibility index (Phi) is 3.85. The van der Waals surface area contributed by atoms with Crippen LogP contribution in [0, 0.1) is 5.92 Å². The van der Waals surface area contributed by atoms with E-state index < -0.39 is 0 Å². The van der Waals surface area contributed by atoms with Gasteiger partial charge in [-0.15, -0.1) is 0 Å². The zero-order chi connectivity index (χ0) is 15.6. The van der Waals surface area contributed by atoms with Crippen LogP contribution in [0.3, 0.4) is 0 Å². The maximum atomic E-state index is 10.3. The van der Waals surface area contributed by atoms with Crippen LogP contribution in [-0.2, 0) is 13.1 Å². The summed E-state index contributed by atoms with van der Waals surface area (Å²) >= 11 is 0. The van der Waals surface area contributed by atoms with Gasteiger partial charge in [0.15, 0.2) is 0 Å². The molecule has 0 aliphatic heterocycles. The van der Waals surface area contributed by atoms with Crippen molar-refractivity contribution in [2.75, 3.05) is 0 Å². The lowest BCUT2D eigenvalue weighted by molar-refractivity contribution is 0.145. The largest absolute Gasteiger partial charge is 0.391 e. The molecule has 0 amide bonds. The molecular weight excluding hydrogens is 290 g/mol. The van der Waals surface area contributed by atoms with Crippen molar-refractivity contribution < 1.29 is 5.11 Å². The summed E-state index contributed by atoms with van der Waals surface area (Å²) in [6, 6.07) is 8.21. The van der Waals surface area contributed by atoms with Gasteiger partial charge in [0.2, 0.25) is 0 Å². The third-order valence-corrected chi connectivity index (χ3v) is 4.74. The second kappa shape index (κ2) is 6.14. The van der Waals surface area contributed by atoms with Gasteiger partial charge in [0.25, 0.3) is 0 Å². The van der Waals surface area contributed by atoms with Crippen molar-refractivity contribution in [3.63, 3.8) is 0 Å². The van der Waals surface area contributed by atoms with Gasteiger partial charge < -0.3 is 15.0 Å². The molecule has 3 atom stereocenters. The lowest BCUT2D eigenvalue weighted by atomic mass is 10.1. The van der Waals surface area contributed by atoms with Crippen molar-refractivity contribution >= 4 is 10.9 Å². The first-order valence-electron chi connectivity index (χ1n) is 8.09. The molecule has 4 rings (SSSR count). The standard InChI is InChI=1S/C17H21N5O/c23-17-8-12(10-22-6-5-18-11-22)7-15(17)19-9-16-13-3-1-2-4-14(13)20-21-16/h1-6,11-12,15,17,19,23H,7-10H2,(H,20,21)/t12?,15-,17-/m1/s1. The number of benzene rings is 1. The molecule has 6 heteroatoms. The average Bonchev–Trinajstić information content (AvgIpc) is 3.27. The van der Waals surface area contributed by atoms with Gasteiger partial charge in [-0.1, -0.05) is 18.2 Å². The van der Waals surface area contributed by atoms with E-state index in [0.717, 1.165) is 36.0 Å². The van der Waals surface area contributed by atoms with Gasteiger partial charge in [0, 0.05) is 36.9 Å². The molecular formula is C17H21N5O. The predicted octanol–water partition coefficient (Wildman–Crippen LogP) is 1.69. The van der Waals surface area contributed by atoms with Crippen molar-refractivity contribution in [3.05, 3.63) is 48.7 Å². The Bertz CT molecular complexity index is 766. The molecule has 2 heterocycles. The van der Waals surface area contributed by atoms with E-state index in [-0.39, 0.29) is 12.1 Å². The molecule has 120 valence electrons. The topological polar surface area (TPSA) is 78.8 Å². The number of nitrogens with zero attached hydrogens (tertiary/aromatic N) is 3. The van der Waals surface area contributed by atoms with Gasteiger partial charge in [0.1, 0.15) is 0 Å². The molecule has 0 radical (unpaired) electrons. The van der Waals surface area contributed by atoms with Crippen molar-refractivity contribution in [3.8, 4) is 0 Å². The van der Waals surface area contributed by atoms with E-state index in [1.165, 1.54) is 0 Å². The maximum Gasteiger partial charge on any atom is 0.0945 e. The summed E-state index contributed by atoms with van der Waals surface area (Å²) in [7, 11) is 0. The number of imidazole rings is 1. The van der Waals surface area contributed by atoms with Crippen molar-refractivity contribution in [1.29, 1.82) is 0 Å². The highest BCUT2D eigenvalue weighted by Gasteiger charge is 2.32. The summed E-state index contributed by atoms with van der Waals surface area (Å²) in [5.41, 5.74) is 2.06. The molecule has 1 saturated carbocycles. The van der Waals surface area contributed by atoms with Crippen LogP contribution in [0.5, 0.6) is 0 Å². The Hall–Kier alpha value is -2.18. The number of H-pyrrole nitrogens is 1. The quantitative estimate of drug-likeness (QED) is 0.670. The summed E-state index contributed by atoms with van der Waals surface area (Å²) in [5, 5.41) is 22.4. The maximum absolute atomic E-state index is 10.3. The van der Waals surface area contributed by atoms with Crippen LogP contribution in [0.1, 0.15) is 18.5 Å². The fraction of sp³-hybridized carbons (Fsp3) is 0.412. The molecule has 1 aliphatic rings. The van der Waals surface area contributed by atoms with Crippen LogP contribution in [0.2, 0.25) is 0 Å². The molecule has 1 aromatic carbocycles. The van der Waals surface area contributed by atoms with Crippen LogP contribution in [0.25, 0.3) is 10.9 Å². The molecule has 1 aliphatic carbocycles. The summed E-state index contributed by atoms with van der Waals surface area (Å²) in [5.74, 6) is 0.482. The lowest BCUT2D eigenvalue weighted by Crippen LogP contribution is -2.35. The third kappa shape index (κ3) is 3.00. The van der Waals surface area contributed by atoms with Gasteiger partial charge in [-0.25, -0.2) is 4.98 Å². The monoisotopic (exact) mass is 311 g/mol. The minimum absolute atomic E-state index is 0.130.